The number of benzene rings is 2. The molecule has 2 aromatic carbocycles. The van der Waals surface area contributed by atoms with Gasteiger partial charge in [-0.3, -0.25) is 0 Å². The van der Waals surface area contributed by atoms with Gasteiger partial charge in [0.15, 0.2) is 0 Å². The predicted octanol–water partition coefficient (Wildman–Crippen LogP) is 1.63. The van der Waals surface area contributed by atoms with Crippen LogP contribution in [0.5, 0.6) is 0 Å². The van der Waals surface area contributed by atoms with Crippen LogP contribution < -0.4 is 14.3 Å². The topological polar surface area (TPSA) is 78.3 Å². The van der Waals surface area contributed by atoms with Crippen LogP contribution in [0.15, 0.2) is 48.7 Å². The normalized spacial score (nSPS) is 17.0. The molecule has 0 bridgehead atoms. The number of aliphatic carboxylic acids is 1. The second kappa shape index (κ2) is 11.4. The van der Waals surface area contributed by atoms with Gasteiger partial charge in [0, 0.05) is 0 Å². The minimum absolute atomic E-state index is 0.309. The molecular weight excluding hydrogens is 585 g/mol. The summed E-state index contributed by atoms with van der Waals surface area (Å²) in [4.78, 5) is 23.0. The Morgan fingerprint density at radius 3 is 2.76 bits per heavy atom. The summed E-state index contributed by atoms with van der Waals surface area (Å²) in [5, 5.41) is 14.5. The molecule has 1 fully saturated rings. The van der Waals surface area contributed by atoms with Gasteiger partial charge in [-0.2, -0.15) is 0 Å². The first-order valence-electron chi connectivity index (χ1n) is 10.3. The van der Waals surface area contributed by atoms with Crippen molar-refractivity contribution in [3.05, 3.63) is 69.8 Å². The van der Waals surface area contributed by atoms with E-state index in [-0.39, 0.29) is 15.8 Å². The number of rotatable bonds is 7. The summed E-state index contributed by atoms with van der Waals surface area (Å²) < 4.78 is 1.85. The minimum atomic E-state index is -0.810. The van der Waals surface area contributed by atoms with Crippen molar-refractivity contribution < 1.29 is 9.90 Å². The number of piperazine rings is 1. The SMILES string of the molecule is O=C(O)[C@@H]1CN(Cc2cccc(-c3cnc([As])c([As]Cc4c(Cl)cccc4Cl)n3)c2)CCN1. The molecule has 6 nitrogen and oxygen atoms in total. The van der Waals surface area contributed by atoms with E-state index in [0.29, 0.717) is 29.7 Å². The van der Waals surface area contributed by atoms with E-state index in [1.54, 1.807) is 6.20 Å². The van der Waals surface area contributed by atoms with Crippen molar-refractivity contribution >= 4 is 70.7 Å². The number of nitrogens with zero attached hydrogens (tertiary/aromatic N) is 3. The van der Waals surface area contributed by atoms with Crippen molar-refractivity contribution in [1.82, 2.24) is 20.2 Å². The summed E-state index contributed by atoms with van der Waals surface area (Å²) in [5.74, 6) is -0.810. The number of nitrogens with one attached hydrogen (secondary N) is 1. The number of hydrogen-bond donors (Lipinski definition) is 2. The number of hydrogen-bond acceptors (Lipinski definition) is 5. The zero-order valence-corrected chi connectivity index (χ0v) is 22.8. The van der Waals surface area contributed by atoms with Gasteiger partial charge in [0.25, 0.3) is 0 Å². The van der Waals surface area contributed by atoms with Gasteiger partial charge in [-0.1, -0.05) is 0 Å². The van der Waals surface area contributed by atoms with E-state index in [1.807, 2.05) is 30.3 Å². The van der Waals surface area contributed by atoms with Crippen LogP contribution in [0.25, 0.3) is 11.3 Å². The molecule has 3 radical (unpaired) electrons. The molecule has 2 heterocycles. The van der Waals surface area contributed by atoms with Crippen molar-refractivity contribution in [1.29, 1.82) is 0 Å². The molecule has 0 saturated carbocycles. The van der Waals surface area contributed by atoms with Gasteiger partial charge in [-0.15, -0.1) is 0 Å². The quantitative estimate of drug-likeness (QED) is 0.399. The third kappa shape index (κ3) is 6.39. The zero-order chi connectivity index (χ0) is 23.4. The maximum atomic E-state index is 11.3. The summed E-state index contributed by atoms with van der Waals surface area (Å²) in [5.41, 5.74) is 3.90. The van der Waals surface area contributed by atoms with Gasteiger partial charge >= 0.3 is 219 Å². The molecule has 1 aliphatic heterocycles. The van der Waals surface area contributed by atoms with E-state index in [0.717, 1.165) is 43.1 Å². The van der Waals surface area contributed by atoms with Gasteiger partial charge in [0.1, 0.15) is 0 Å². The molecule has 0 spiro atoms. The second-order valence-corrected chi connectivity index (χ2v) is 11.6. The maximum absolute atomic E-state index is 11.3. The fraction of sp³-hybridized carbons (Fsp3) is 0.261. The monoisotopic (exact) mass is 605 g/mol. The van der Waals surface area contributed by atoms with E-state index in [2.05, 4.69) is 44.2 Å². The van der Waals surface area contributed by atoms with Crippen LogP contribution in [0, 0.1) is 0 Å². The van der Waals surface area contributed by atoms with Gasteiger partial charge in [0.05, 0.1) is 0 Å². The Labute approximate surface area is 218 Å². The van der Waals surface area contributed by atoms with E-state index in [9.17, 15) is 9.90 Å². The molecule has 1 aromatic heterocycles. The van der Waals surface area contributed by atoms with Crippen molar-refractivity contribution in [3.63, 3.8) is 0 Å². The fourth-order valence-electron chi connectivity index (χ4n) is 3.66. The molecule has 0 unspecified atom stereocenters. The average Bonchev–Trinajstić information content (AvgIpc) is 2.80. The Morgan fingerprint density at radius 1 is 1.24 bits per heavy atom. The summed E-state index contributed by atoms with van der Waals surface area (Å²) in [7, 11) is 0. The van der Waals surface area contributed by atoms with Crippen LogP contribution in [0.2, 0.25) is 10.0 Å². The third-order valence-corrected chi connectivity index (χ3v) is 9.87. The zero-order valence-electron chi connectivity index (χ0n) is 17.6. The summed E-state index contributed by atoms with van der Waals surface area (Å²) in [6.07, 6.45) is 1.80. The van der Waals surface area contributed by atoms with E-state index in [1.165, 1.54) is 0 Å². The van der Waals surface area contributed by atoms with Crippen LogP contribution >= 0.6 is 23.2 Å². The van der Waals surface area contributed by atoms with Crippen molar-refractivity contribution in [3.8, 4) is 11.3 Å². The summed E-state index contributed by atoms with van der Waals surface area (Å²) in [6, 6.07) is 13.2. The molecule has 2 N–H and O–H groups in total. The molecule has 0 amide bonds. The Hall–Kier alpha value is -1.39. The Morgan fingerprint density at radius 2 is 2.00 bits per heavy atom. The van der Waals surface area contributed by atoms with Crippen LogP contribution in [0.3, 0.4) is 0 Å². The van der Waals surface area contributed by atoms with E-state index < -0.39 is 12.0 Å². The Bertz CT molecular complexity index is 1140. The number of carbonyl (C=O) groups is 1. The van der Waals surface area contributed by atoms with E-state index in [4.69, 9.17) is 28.2 Å². The van der Waals surface area contributed by atoms with E-state index >= 15 is 0 Å². The van der Waals surface area contributed by atoms with Crippen LogP contribution in [-0.4, -0.2) is 84.2 Å². The van der Waals surface area contributed by atoms with Gasteiger partial charge < -0.3 is 0 Å². The number of aromatic nitrogens is 2. The van der Waals surface area contributed by atoms with Crippen LogP contribution in [0.1, 0.15) is 11.1 Å². The number of carboxylic acids is 1. The molecule has 3 aromatic rings. The van der Waals surface area contributed by atoms with Crippen LogP contribution in [0.4, 0.5) is 0 Å². The molecular formula is C23H21As2Cl2N4O2. The molecule has 10 heteroatoms. The standard InChI is InChI=1S/C23H21As2Cl2N4O2/c24-21-22(25-10-16-17(26)5-2-6-18(16)27)30-19(11-29-21)15-4-1-3-14(9-15)12-31-8-7-28-20(13-31)23(32)33/h1-6,9,11,20,28H,7-8,10,12-13H2,(H,32,33)/t20-/m0/s1. The van der Waals surface area contributed by atoms with Gasteiger partial charge in [-0.25, -0.2) is 0 Å². The number of carboxylic acid groups (broad SMARTS) is 1. The first-order valence-corrected chi connectivity index (χ1v) is 14.3. The van der Waals surface area contributed by atoms with Crippen LogP contribution in [-0.2, 0) is 16.5 Å². The molecule has 1 atom stereocenters. The van der Waals surface area contributed by atoms with Crippen molar-refractivity contribution in [2.75, 3.05) is 19.6 Å². The summed E-state index contributed by atoms with van der Waals surface area (Å²) >= 11 is 14.9. The van der Waals surface area contributed by atoms with Crippen molar-refractivity contribution in [2.45, 2.75) is 17.8 Å². The molecule has 169 valence electrons. The first kappa shape index (κ1) is 24.7. The molecule has 4 rings (SSSR count). The average molecular weight is 606 g/mol. The summed E-state index contributed by atoms with van der Waals surface area (Å²) in [6.45, 7) is 2.66. The molecule has 1 aliphatic rings. The first-order chi connectivity index (χ1) is 15.9. The van der Waals surface area contributed by atoms with Crippen molar-refractivity contribution in [2.24, 2.45) is 0 Å². The predicted molar refractivity (Wildman–Crippen MR) is 133 cm³/mol. The second-order valence-electron chi connectivity index (χ2n) is 7.70. The Kier molecular flexibility index (Phi) is 8.51. The molecule has 33 heavy (non-hydrogen) atoms. The fourth-order valence-corrected chi connectivity index (χ4v) is 7.75. The third-order valence-electron chi connectivity index (χ3n) is 5.37. The molecule has 0 aliphatic carbocycles. The van der Waals surface area contributed by atoms with Gasteiger partial charge in [-0.05, 0) is 0 Å². The Balaban J connectivity index is 1.50. The number of halogens is 2. The molecule has 1 saturated heterocycles. The van der Waals surface area contributed by atoms with Gasteiger partial charge in [0.2, 0.25) is 0 Å².